The lowest BCUT2D eigenvalue weighted by Crippen LogP contribution is -2.04. The highest BCUT2D eigenvalue weighted by Gasteiger charge is 2.08. The van der Waals surface area contributed by atoms with Crippen molar-refractivity contribution in [3.63, 3.8) is 0 Å². The quantitative estimate of drug-likeness (QED) is 0.814. The van der Waals surface area contributed by atoms with E-state index in [1.54, 1.807) is 6.92 Å². The predicted molar refractivity (Wildman–Crippen MR) is 62.6 cm³/mol. The number of halogens is 1. The van der Waals surface area contributed by atoms with Gasteiger partial charge in [0, 0.05) is 0 Å². The summed E-state index contributed by atoms with van der Waals surface area (Å²) in [6.07, 6.45) is 0. The van der Waals surface area contributed by atoms with Crippen LogP contribution >= 0.6 is 11.6 Å². The highest BCUT2D eigenvalue weighted by molar-refractivity contribution is 6.29. The molecule has 8 heteroatoms. The Balaban J connectivity index is 2.11. The molecule has 0 saturated heterocycles. The van der Waals surface area contributed by atoms with Gasteiger partial charge in [-0.15, -0.1) is 0 Å². The van der Waals surface area contributed by atoms with Crippen molar-refractivity contribution in [2.75, 3.05) is 5.32 Å². The first-order valence-corrected chi connectivity index (χ1v) is 5.36. The maximum atomic E-state index is 10.8. The predicted octanol–water partition coefficient (Wildman–Crippen LogP) is 1.74. The molecule has 0 spiro atoms. The van der Waals surface area contributed by atoms with Gasteiger partial charge >= 0.3 is 5.97 Å². The van der Waals surface area contributed by atoms with Gasteiger partial charge in [-0.2, -0.15) is 4.98 Å². The fraction of sp³-hybridized carbons (Fsp3) is 0.200. The molecule has 0 bridgehead atoms. The van der Waals surface area contributed by atoms with Gasteiger partial charge in [0.05, 0.1) is 12.1 Å². The number of anilines is 1. The molecule has 18 heavy (non-hydrogen) atoms. The molecule has 0 saturated carbocycles. The van der Waals surface area contributed by atoms with Crippen LogP contribution in [0.15, 0.2) is 16.7 Å². The second-order valence-corrected chi connectivity index (χ2v) is 3.85. The maximum absolute atomic E-state index is 10.8. The summed E-state index contributed by atoms with van der Waals surface area (Å²) in [7, 11) is 0. The first kappa shape index (κ1) is 12.3. The standard InChI is InChI=1S/C10H9ClN4O3/c1-5-13-9(18-15-5)4-12-8-3-6(10(16)17)2-7(11)14-8/h2-3H,4H2,1H3,(H,12,14)(H,16,17). The Morgan fingerprint density at radius 2 is 2.28 bits per heavy atom. The van der Waals surface area contributed by atoms with Crippen molar-refractivity contribution in [2.24, 2.45) is 0 Å². The lowest BCUT2D eigenvalue weighted by Gasteiger charge is -2.04. The number of hydrogen-bond acceptors (Lipinski definition) is 6. The zero-order chi connectivity index (χ0) is 13.1. The maximum Gasteiger partial charge on any atom is 0.335 e. The van der Waals surface area contributed by atoms with Gasteiger partial charge in [-0.25, -0.2) is 9.78 Å². The van der Waals surface area contributed by atoms with Crippen LogP contribution < -0.4 is 5.32 Å². The fourth-order valence-electron chi connectivity index (χ4n) is 1.29. The molecule has 2 heterocycles. The second-order valence-electron chi connectivity index (χ2n) is 3.46. The summed E-state index contributed by atoms with van der Waals surface area (Å²) in [4.78, 5) is 18.8. The van der Waals surface area contributed by atoms with Crippen molar-refractivity contribution in [1.82, 2.24) is 15.1 Å². The molecule has 0 unspecified atom stereocenters. The Hall–Kier alpha value is -2.15. The molecule has 94 valence electrons. The molecule has 0 aromatic carbocycles. The van der Waals surface area contributed by atoms with E-state index >= 15 is 0 Å². The number of nitrogens with one attached hydrogen (secondary N) is 1. The van der Waals surface area contributed by atoms with Crippen LogP contribution in [-0.2, 0) is 6.54 Å². The Bertz CT molecular complexity index is 584. The average molecular weight is 269 g/mol. The molecule has 0 aliphatic heterocycles. The number of aromatic carboxylic acids is 1. The Kier molecular flexibility index (Phi) is 3.42. The number of hydrogen-bond donors (Lipinski definition) is 2. The van der Waals surface area contributed by atoms with Crippen molar-refractivity contribution >= 4 is 23.4 Å². The van der Waals surface area contributed by atoms with E-state index in [0.29, 0.717) is 17.5 Å². The number of aryl methyl sites for hydroxylation is 1. The largest absolute Gasteiger partial charge is 0.478 e. The van der Waals surface area contributed by atoms with Crippen LogP contribution in [-0.4, -0.2) is 26.2 Å². The molecule has 7 nitrogen and oxygen atoms in total. The first-order chi connectivity index (χ1) is 8.54. The third kappa shape index (κ3) is 2.95. The summed E-state index contributed by atoms with van der Waals surface area (Å²) in [5.74, 6) is 0.162. The van der Waals surface area contributed by atoms with Gasteiger partial charge in [0.15, 0.2) is 5.82 Å². The third-order valence-corrected chi connectivity index (χ3v) is 2.23. The van der Waals surface area contributed by atoms with E-state index in [2.05, 4.69) is 20.4 Å². The Morgan fingerprint density at radius 3 is 2.89 bits per heavy atom. The molecule has 0 aliphatic rings. The monoisotopic (exact) mass is 268 g/mol. The molecular formula is C10H9ClN4O3. The number of pyridine rings is 1. The van der Waals surface area contributed by atoms with Gasteiger partial charge in [-0.1, -0.05) is 16.8 Å². The number of carboxylic acid groups (broad SMARTS) is 1. The summed E-state index contributed by atoms with van der Waals surface area (Å²) in [5.41, 5.74) is 0.0548. The number of carbonyl (C=O) groups is 1. The van der Waals surface area contributed by atoms with E-state index in [4.69, 9.17) is 21.2 Å². The normalized spacial score (nSPS) is 10.3. The minimum Gasteiger partial charge on any atom is -0.478 e. The van der Waals surface area contributed by atoms with E-state index in [9.17, 15) is 4.79 Å². The highest BCUT2D eigenvalue weighted by Crippen LogP contribution is 2.15. The van der Waals surface area contributed by atoms with Crippen molar-refractivity contribution in [1.29, 1.82) is 0 Å². The van der Waals surface area contributed by atoms with Crippen LogP contribution in [0.3, 0.4) is 0 Å². The van der Waals surface area contributed by atoms with Crippen LogP contribution in [0.4, 0.5) is 5.82 Å². The van der Waals surface area contributed by atoms with Gasteiger partial charge in [0.1, 0.15) is 11.0 Å². The SMILES string of the molecule is Cc1noc(CNc2cc(C(=O)O)cc(Cl)n2)n1. The molecule has 2 aromatic heterocycles. The van der Waals surface area contributed by atoms with Crippen LogP contribution in [0, 0.1) is 6.92 Å². The summed E-state index contributed by atoms with van der Waals surface area (Å²) >= 11 is 5.71. The van der Waals surface area contributed by atoms with Gasteiger partial charge in [-0.05, 0) is 19.1 Å². The zero-order valence-electron chi connectivity index (χ0n) is 9.35. The number of aromatic nitrogens is 3. The van der Waals surface area contributed by atoms with Gasteiger partial charge in [-0.3, -0.25) is 0 Å². The second kappa shape index (κ2) is 5.01. The molecule has 0 fully saturated rings. The van der Waals surface area contributed by atoms with Crippen LogP contribution in [0.1, 0.15) is 22.1 Å². The van der Waals surface area contributed by atoms with Crippen molar-refractivity contribution < 1.29 is 14.4 Å². The summed E-state index contributed by atoms with van der Waals surface area (Å²) in [6, 6.07) is 2.64. The van der Waals surface area contributed by atoms with Gasteiger partial charge in [0.25, 0.3) is 0 Å². The van der Waals surface area contributed by atoms with Crippen molar-refractivity contribution in [3.8, 4) is 0 Å². The smallest absolute Gasteiger partial charge is 0.335 e. The molecule has 2 aromatic rings. The molecule has 0 radical (unpaired) electrons. The number of carboxylic acids is 1. The molecule has 0 aliphatic carbocycles. The Morgan fingerprint density at radius 1 is 1.50 bits per heavy atom. The number of rotatable bonds is 4. The van der Waals surface area contributed by atoms with Gasteiger partial charge < -0.3 is 14.9 Å². The highest BCUT2D eigenvalue weighted by atomic mass is 35.5. The van der Waals surface area contributed by atoms with Crippen molar-refractivity contribution in [2.45, 2.75) is 13.5 Å². The minimum atomic E-state index is -1.07. The van der Waals surface area contributed by atoms with Crippen LogP contribution in [0.25, 0.3) is 0 Å². The van der Waals surface area contributed by atoms with E-state index < -0.39 is 5.97 Å². The van der Waals surface area contributed by atoms with Crippen LogP contribution in [0.5, 0.6) is 0 Å². The molecule has 0 amide bonds. The first-order valence-electron chi connectivity index (χ1n) is 4.98. The summed E-state index contributed by atoms with van der Waals surface area (Å²) in [6.45, 7) is 1.94. The van der Waals surface area contributed by atoms with E-state index in [1.165, 1.54) is 12.1 Å². The van der Waals surface area contributed by atoms with E-state index in [1.807, 2.05) is 0 Å². The summed E-state index contributed by atoms with van der Waals surface area (Å²) < 4.78 is 4.89. The molecular weight excluding hydrogens is 260 g/mol. The number of nitrogens with zero attached hydrogens (tertiary/aromatic N) is 3. The molecule has 0 atom stereocenters. The fourth-order valence-corrected chi connectivity index (χ4v) is 1.50. The molecule has 2 rings (SSSR count). The lowest BCUT2D eigenvalue weighted by molar-refractivity contribution is 0.0697. The lowest BCUT2D eigenvalue weighted by atomic mass is 10.2. The summed E-state index contributed by atoms with van der Waals surface area (Å²) in [5, 5.41) is 15.4. The minimum absolute atomic E-state index is 0.0548. The van der Waals surface area contributed by atoms with Gasteiger partial charge in [0.2, 0.25) is 5.89 Å². The van der Waals surface area contributed by atoms with Crippen molar-refractivity contribution in [3.05, 3.63) is 34.6 Å². The molecule has 2 N–H and O–H groups in total. The van der Waals surface area contributed by atoms with E-state index in [-0.39, 0.29) is 17.3 Å². The topological polar surface area (TPSA) is 101 Å². The van der Waals surface area contributed by atoms with E-state index in [0.717, 1.165) is 0 Å². The zero-order valence-corrected chi connectivity index (χ0v) is 10.1. The van der Waals surface area contributed by atoms with Crippen LogP contribution in [0.2, 0.25) is 5.15 Å². The Labute approximate surface area is 107 Å². The average Bonchev–Trinajstić information content (AvgIpc) is 2.72. The third-order valence-electron chi connectivity index (χ3n) is 2.03.